The van der Waals surface area contributed by atoms with E-state index in [0.717, 1.165) is 59.7 Å². The smallest absolute Gasteiger partial charge is 0.410 e. The molecule has 4 aromatic rings. The maximum Gasteiger partial charge on any atom is 0.410 e. The largest absolute Gasteiger partial charge is 0.444 e. The third kappa shape index (κ3) is 6.19. The topological polar surface area (TPSA) is 74.4 Å². The van der Waals surface area contributed by atoms with Crippen LogP contribution >= 0.6 is 11.6 Å². The van der Waals surface area contributed by atoms with Crippen molar-refractivity contribution in [3.8, 4) is 11.3 Å². The van der Waals surface area contributed by atoms with Crippen LogP contribution in [0.15, 0.2) is 60.8 Å². The summed E-state index contributed by atoms with van der Waals surface area (Å²) in [5, 5.41) is 1.61. The molecule has 39 heavy (non-hydrogen) atoms. The van der Waals surface area contributed by atoms with E-state index in [1.807, 2.05) is 45.0 Å². The molecule has 1 aliphatic rings. The summed E-state index contributed by atoms with van der Waals surface area (Å²) in [6, 6.07) is 18.5. The summed E-state index contributed by atoms with van der Waals surface area (Å²) in [4.78, 5) is 29.7. The van der Waals surface area contributed by atoms with Gasteiger partial charge in [-0.15, -0.1) is 0 Å². The number of fused-ring (bicyclic) bond motifs is 1. The Balaban J connectivity index is 1.38. The van der Waals surface area contributed by atoms with Gasteiger partial charge < -0.3 is 19.5 Å². The highest BCUT2D eigenvalue weighted by Crippen LogP contribution is 2.36. The SMILES string of the molecule is CCN(Cc1ccccc1)c1ccc(Cl)c(-c2ccnc3[nH]c(C4CCN(C(=O)OC(C)(C)C)CC4)cc23)n1. The van der Waals surface area contributed by atoms with E-state index in [9.17, 15) is 4.79 Å². The zero-order valence-electron chi connectivity index (χ0n) is 23.1. The fraction of sp³-hybridized carbons (Fsp3) is 0.387. The van der Waals surface area contributed by atoms with Gasteiger partial charge in [-0.1, -0.05) is 41.9 Å². The minimum atomic E-state index is -0.491. The lowest BCUT2D eigenvalue weighted by molar-refractivity contribution is 0.0204. The molecule has 1 N–H and O–H groups in total. The highest BCUT2D eigenvalue weighted by atomic mass is 35.5. The van der Waals surface area contributed by atoms with Gasteiger partial charge in [0.2, 0.25) is 0 Å². The van der Waals surface area contributed by atoms with Crippen molar-refractivity contribution >= 4 is 34.5 Å². The number of hydrogen-bond donors (Lipinski definition) is 1. The first-order valence-corrected chi connectivity index (χ1v) is 14.0. The molecule has 3 aromatic heterocycles. The normalized spacial score (nSPS) is 14.5. The van der Waals surface area contributed by atoms with Crippen molar-refractivity contribution in [1.82, 2.24) is 19.9 Å². The van der Waals surface area contributed by atoms with Crippen LogP contribution in [0, 0.1) is 0 Å². The summed E-state index contributed by atoms with van der Waals surface area (Å²) >= 11 is 6.73. The van der Waals surface area contributed by atoms with Crippen LogP contribution < -0.4 is 4.90 Å². The standard InChI is InChI=1S/C31H36ClN5O2/c1-5-36(20-21-9-7-6-8-10-21)27-12-11-25(32)28(35-27)23-13-16-33-29-24(23)19-26(34-29)22-14-17-37(18-15-22)30(38)39-31(2,3)4/h6-13,16,19,22H,5,14-15,17-18,20H2,1-4H3,(H,33,34). The van der Waals surface area contributed by atoms with E-state index in [0.29, 0.717) is 24.0 Å². The fourth-order valence-electron chi connectivity index (χ4n) is 5.13. The molecule has 8 heteroatoms. The number of aromatic amines is 1. The maximum absolute atomic E-state index is 12.5. The van der Waals surface area contributed by atoms with Crippen LogP contribution in [-0.2, 0) is 11.3 Å². The molecule has 0 spiro atoms. The second-order valence-corrected chi connectivity index (χ2v) is 11.5. The minimum Gasteiger partial charge on any atom is -0.444 e. The minimum absolute atomic E-state index is 0.240. The van der Waals surface area contributed by atoms with Gasteiger partial charge in [0, 0.05) is 54.9 Å². The molecule has 0 atom stereocenters. The summed E-state index contributed by atoms with van der Waals surface area (Å²) in [6.45, 7) is 10.7. The van der Waals surface area contributed by atoms with Crippen LogP contribution in [0.1, 0.15) is 57.7 Å². The quantitative estimate of drug-likeness (QED) is 0.273. The van der Waals surface area contributed by atoms with E-state index in [-0.39, 0.29) is 6.09 Å². The molecule has 0 radical (unpaired) electrons. The predicted molar refractivity (Wildman–Crippen MR) is 157 cm³/mol. The molecule has 0 bridgehead atoms. The Kier molecular flexibility index (Phi) is 7.80. The van der Waals surface area contributed by atoms with E-state index < -0.39 is 5.60 Å². The van der Waals surface area contributed by atoms with Crippen molar-refractivity contribution in [3.05, 3.63) is 77.1 Å². The highest BCUT2D eigenvalue weighted by molar-refractivity contribution is 6.33. The third-order valence-electron chi connectivity index (χ3n) is 7.15. The monoisotopic (exact) mass is 545 g/mol. The van der Waals surface area contributed by atoms with Crippen LogP contribution in [0.3, 0.4) is 0 Å². The number of piperidine rings is 1. The predicted octanol–water partition coefficient (Wildman–Crippen LogP) is 7.42. The number of aromatic nitrogens is 3. The second kappa shape index (κ2) is 11.3. The first-order chi connectivity index (χ1) is 18.7. The molecule has 1 aromatic carbocycles. The molecular weight excluding hydrogens is 510 g/mol. The third-order valence-corrected chi connectivity index (χ3v) is 7.45. The van der Waals surface area contributed by atoms with Gasteiger partial charge in [-0.05, 0) is 70.4 Å². The van der Waals surface area contributed by atoms with Gasteiger partial charge in [0.25, 0.3) is 0 Å². The van der Waals surface area contributed by atoms with Gasteiger partial charge in [0.1, 0.15) is 17.1 Å². The van der Waals surface area contributed by atoms with Crippen LogP contribution in [0.25, 0.3) is 22.3 Å². The van der Waals surface area contributed by atoms with Gasteiger partial charge in [-0.25, -0.2) is 14.8 Å². The molecule has 7 nitrogen and oxygen atoms in total. The van der Waals surface area contributed by atoms with Crippen LogP contribution in [-0.4, -0.2) is 51.2 Å². The number of benzene rings is 1. The van der Waals surface area contributed by atoms with E-state index in [1.54, 1.807) is 11.1 Å². The average Bonchev–Trinajstić information content (AvgIpc) is 3.37. The highest BCUT2D eigenvalue weighted by Gasteiger charge is 2.28. The summed E-state index contributed by atoms with van der Waals surface area (Å²) < 4.78 is 5.56. The number of rotatable bonds is 6. The number of nitrogens with one attached hydrogen (secondary N) is 1. The van der Waals surface area contributed by atoms with Crippen molar-refractivity contribution in [3.63, 3.8) is 0 Å². The molecule has 4 heterocycles. The lowest BCUT2D eigenvalue weighted by atomic mass is 9.93. The number of halogens is 1. The van der Waals surface area contributed by atoms with Crippen molar-refractivity contribution in [2.45, 2.75) is 58.6 Å². The molecule has 1 fully saturated rings. The Morgan fingerprint density at radius 3 is 2.56 bits per heavy atom. The van der Waals surface area contributed by atoms with Gasteiger partial charge in [-0.3, -0.25) is 0 Å². The van der Waals surface area contributed by atoms with Gasteiger partial charge in [-0.2, -0.15) is 0 Å². The Hall–Kier alpha value is -3.58. The number of hydrogen-bond acceptors (Lipinski definition) is 5. The molecule has 0 aliphatic carbocycles. The van der Waals surface area contributed by atoms with Gasteiger partial charge in [0.05, 0.1) is 10.7 Å². The van der Waals surface area contributed by atoms with Crippen molar-refractivity contribution in [2.24, 2.45) is 0 Å². The van der Waals surface area contributed by atoms with E-state index in [1.165, 1.54) is 5.56 Å². The van der Waals surface area contributed by atoms with Crippen molar-refractivity contribution in [1.29, 1.82) is 0 Å². The number of carbonyl (C=O) groups excluding carboxylic acids is 1. The Morgan fingerprint density at radius 1 is 1.13 bits per heavy atom. The zero-order chi connectivity index (χ0) is 27.6. The number of anilines is 1. The van der Waals surface area contributed by atoms with Crippen molar-refractivity contribution in [2.75, 3.05) is 24.5 Å². The van der Waals surface area contributed by atoms with E-state index in [4.69, 9.17) is 21.3 Å². The summed E-state index contributed by atoms with van der Waals surface area (Å²) in [7, 11) is 0. The lowest BCUT2D eigenvalue weighted by Gasteiger charge is -2.33. The molecule has 0 saturated carbocycles. The van der Waals surface area contributed by atoms with Crippen LogP contribution in [0.5, 0.6) is 0 Å². The molecule has 0 unspecified atom stereocenters. The number of carbonyl (C=O) groups is 1. The summed E-state index contributed by atoms with van der Waals surface area (Å²) in [5.41, 5.74) is 4.39. The van der Waals surface area contributed by atoms with E-state index >= 15 is 0 Å². The van der Waals surface area contributed by atoms with Crippen LogP contribution in [0.2, 0.25) is 5.02 Å². The van der Waals surface area contributed by atoms with E-state index in [2.05, 4.69) is 52.1 Å². The summed E-state index contributed by atoms with van der Waals surface area (Å²) in [6.07, 6.45) is 3.28. The van der Waals surface area contributed by atoms with Crippen molar-refractivity contribution < 1.29 is 9.53 Å². The molecule has 1 aliphatic heterocycles. The number of likely N-dealkylation sites (tertiary alicyclic amines) is 1. The van der Waals surface area contributed by atoms with Gasteiger partial charge in [0.15, 0.2) is 0 Å². The Bertz CT molecular complexity index is 1440. The molecular formula is C31H36ClN5O2. The van der Waals surface area contributed by atoms with Gasteiger partial charge >= 0.3 is 6.09 Å². The Morgan fingerprint density at radius 2 is 1.87 bits per heavy atom. The second-order valence-electron chi connectivity index (χ2n) is 11.1. The number of amides is 1. The number of pyridine rings is 2. The van der Waals surface area contributed by atoms with Crippen LogP contribution in [0.4, 0.5) is 10.6 Å². The molecule has 5 rings (SSSR count). The fourth-order valence-corrected chi connectivity index (χ4v) is 5.34. The average molecular weight is 546 g/mol. The lowest BCUT2D eigenvalue weighted by Crippen LogP contribution is -2.41. The number of ether oxygens (including phenoxy) is 1. The zero-order valence-corrected chi connectivity index (χ0v) is 23.8. The molecule has 1 amide bonds. The first kappa shape index (κ1) is 27.0. The molecule has 204 valence electrons. The number of H-pyrrole nitrogens is 1. The number of nitrogens with zero attached hydrogens (tertiary/aromatic N) is 4. The summed E-state index contributed by atoms with van der Waals surface area (Å²) in [5.74, 6) is 1.19. The first-order valence-electron chi connectivity index (χ1n) is 13.6. The Labute approximate surface area is 235 Å². The molecule has 1 saturated heterocycles. The maximum atomic E-state index is 12.5.